The molecule has 1 atom stereocenters. The standard InChI is InChI=1S/C19H31N5O/c1-19(2,23-13-11-22(3)12-14-23)16-8-6-9-17(21-16)24-10-5-4-7-15(24)18(20)25/h6,8-9,15H,4-5,7,10-14H2,1-3H3,(H2,20,25). The number of nitrogens with two attached hydrogens (primary N) is 1. The van der Waals surface area contributed by atoms with Gasteiger partial charge in [0.05, 0.1) is 11.2 Å². The summed E-state index contributed by atoms with van der Waals surface area (Å²) in [4.78, 5) is 23.8. The van der Waals surface area contributed by atoms with Crippen LogP contribution in [0.4, 0.5) is 5.82 Å². The van der Waals surface area contributed by atoms with Gasteiger partial charge in [-0.05, 0) is 52.3 Å². The number of amides is 1. The SMILES string of the molecule is CN1CCN(C(C)(C)c2cccc(N3CCCCC3C(N)=O)n2)CC1. The van der Waals surface area contributed by atoms with Crippen molar-refractivity contribution in [3.63, 3.8) is 0 Å². The Morgan fingerprint density at radius 2 is 1.88 bits per heavy atom. The van der Waals surface area contributed by atoms with E-state index < -0.39 is 0 Å². The van der Waals surface area contributed by atoms with Gasteiger partial charge < -0.3 is 15.5 Å². The van der Waals surface area contributed by atoms with Gasteiger partial charge in [-0.1, -0.05) is 6.07 Å². The lowest BCUT2D eigenvalue weighted by Crippen LogP contribution is -2.52. The molecular weight excluding hydrogens is 314 g/mol. The maximum Gasteiger partial charge on any atom is 0.240 e. The summed E-state index contributed by atoms with van der Waals surface area (Å²) >= 11 is 0. The van der Waals surface area contributed by atoms with E-state index in [1.54, 1.807) is 0 Å². The van der Waals surface area contributed by atoms with E-state index in [2.05, 4.69) is 47.7 Å². The molecular formula is C19H31N5O. The van der Waals surface area contributed by atoms with E-state index in [-0.39, 0.29) is 17.5 Å². The minimum absolute atomic E-state index is 0.130. The summed E-state index contributed by atoms with van der Waals surface area (Å²) in [6.45, 7) is 9.58. The van der Waals surface area contributed by atoms with E-state index in [4.69, 9.17) is 10.7 Å². The summed E-state index contributed by atoms with van der Waals surface area (Å²) in [6, 6.07) is 5.93. The van der Waals surface area contributed by atoms with Crippen LogP contribution >= 0.6 is 0 Å². The van der Waals surface area contributed by atoms with Crippen molar-refractivity contribution in [3.8, 4) is 0 Å². The monoisotopic (exact) mass is 345 g/mol. The highest BCUT2D eigenvalue weighted by molar-refractivity contribution is 5.83. The second kappa shape index (κ2) is 7.30. The van der Waals surface area contributed by atoms with E-state index in [9.17, 15) is 4.79 Å². The number of hydrogen-bond acceptors (Lipinski definition) is 5. The highest BCUT2D eigenvalue weighted by Crippen LogP contribution is 2.30. The lowest BCUT2D eigenvalue weighted by molar-refractivity contribution is -0.119. The average Bonchev–Trinajstić information content (AvgIpc) is 2.62. The second-order valence-electron chi connectivity index (χ2n) is 7.84. The molecule has 1 unspecified atom stereocenters. The fourth-order valence-corrected chi connectivity index (χ4v) is 3.95. The summed E-state index contributed by atoms with van der Waals surface area (Å²) in [6.07, 6.45) is 2.96. The van der Waals surface area contributed by atoms with Crippen molar-refractivity contribution in [2.75, 3.05) is 44.7 Å². The molecule has 3 heterocycles. The molecule has 25 heavy (non-hydrogen) atoms. The number of primary amides is 1. The predicted octanol–water partition coefficient (Wildman–Crippen LogP) is 1.41. The maximum absolute atomic E-state index is 11.8. The molecule has 0 radical (unpaired) electrons. The van der Waals surface area contributed by atoms with Gasteiger partial charge in [0, 0.05) is 32.7 Å². The number of pyridine rings is 1. The normalized spacial score (nSPS) is 23.6. The minimum Gasteiger partial charge on any atom is -0.368 e. The highest BCUT2D eigenvalue weighted by Gasteiger charge is 2.33. The first-order valence-corrected chi connectivity index (χ1v) is 9.36. The van der Waals surface area contributed by atoms with Crippen LogP contribution in [-0.2, 0) is 10.3 Å². The molecule has 2 aliphatic heterocycles. The van der Waals surface area contributed by atoms with Gasteiger partial charge in [-0.15, -0.1) is 0 Å². The van der Waals surface area contributed by atoms with Crippen LogP contribution in [0.1, 0.15) is 38.8 Å². The molecule has 1 aromatic rings. The van der Waals surface area contributed by atoms with Gasteiger partial charge >= 0.3 is 0 Å². The molecule has 138 valence electrons. The first-order valence-electron chi connectivity index (χ1n) is 9.36. The molecule has 0 bridgehead atoms. The summed E-state index contributed by atoms with van der Waals surface area (Å²) in [5.74, 6) is 0.633. The summed E-state index contributed by atoms with van der Waals surface area (Å²) in [5, 5.41) is 0. The number of likely N-dealkylation sites (N-methyl/N-ethyl adjacent to an activating group) is 1. The van der Waals surface area contributed by atoms with Crippen molar-refractivity contribution >= 4 is 11.7 Å². The van der Waals surface area contributed by atoms with Crippen molar-refractivity contribution in [1.29, 1.82) is 0 Å². The topological polar surface area (TPSA) is 65.7 Å². The Balaban J connectivity index is 1.84. The van der Waals surface area contributed by atoms with E-state index in [0.717, 1.165) is 63.5 Å². The lowest BCUT2D eigenvalue weighted by Gasteiger charge is -2.43. The summed E-state index contributed by atoms with van der Waals surface area (Å²) < 4.78 is 0. The second-order valence-corrected chi connectivity index (χ2v) is 7.84. The molecule has 2 fully saturated rings. The fourth-order valence-electron chi connectivity index (χ4n) is 3.95. The zero-order chi connectivity index (χ0) is 18.0. The van der Waals surface area contributed by atoms with Gasteiger partial charge in [0.2, 0.25) is 5.91 Å². The Bertz CT molecular complexity index is 610. The molecule has 1 amide bonds. The van der Waals surface area contributed by atoms with Crippen molar-refractivity contribution in [1.82, 2.24) is 14.8 Å². The molecule has 0 aliphatic carbocycles. The van der Waals surface area contributed by atoms with E-state index in [1.165, 1.54) is 0 Å². The molecule has 1 aromatic heterocycles. The van der Waals surface area contributed by atoms with Crippen LogP contribution in [0.2, 0.25) is 0 Å². The summed E-state index contributed by atoms with van der Waals surface area (Å²) in [5.41, 5.74) is 6.56. The maximum atomic E-state index is 11.8. The van der Waals surface area contributed by atoms with Crippen LogP contribution < -0.4 is 10.6 Å². The Hall–Kier alpha value is -1.66. The fraction of sp³-hybridized carbons (Fsp3) is 0.684. The highest BCUT2D eigenvalue weighted by atomic mass is 16.1. The third-order valence-electron chi connectivity index (χ3n) is 5.78. The number of hydrogen-bond donors (Lipinski definition) is 1. The average molecular weight is 345 g/mol. The van der Waals surface area contributed by atoms with Crippen LogP contribution in [0.3, 0.4) is 0 Å². The number of anilines is 1. The number of carbonyl (C=O) groups excluding carboxylic acids is 1. The van der Waals surface area contributed by atoms with E-state index in [0.29, 0.717) is 0 Å². The predicted molar refractivity (Wildman–Crippen MR) is 101 cm³/mol. The van der Waals surface area contributed by atoms with Crippen LogP contribution in [0.5, 0.6) is 0 Å². The smallest absolute Gasteiger partial charge is 0.240 e. The van der Waals surface area contributed by atoms with Crippen molar-refractivity contribution in [2.24, 2.45) is 5.73 Å². The zero-order valence-corrected chi connectivity index (χ0v) is 15.7. The summed E-state index contributed by atoms with van der Waals surface area (Å²) in [7, 11) is 2.17. The third-order valence-corrected chi connectivity index (χ3v) is 5.78. The Morgan fingerprint density at radius 3 is 2.56 bits per heavy atom. The Kier molecular flexibility index (Phi) is 5.29. The molecule has 2 aliphatic rings. The Labute approximate surface area is 151 Å². The number of carbonyl (C=O) groups is 1. The number of piperazine rings is 1. The molecule has 6 heteroatoms. The molecule has 2 saturated heterocycles. The molecule has 0 saturated carbocycles. The van der Waals surface area contributed by atoms with Gasteiger partial charge in [-0.2, -0.15) is 0 Å². The van der Waals surface area contributed by atoms with Crippen LogP contribution in [0, 0.1) is 0 Å². The minimum atomic E-state index is -0.245. The molecule has 0 spiro atoms. The molecule has 2 N–H and O–H groups in total. The van der Waals surface area contributed by atoms with Gasteiger partial charge in [-0.3, -0.25) is 9.69 Å². The third kappa shape index (κ3) is 3.80. The van der Waals surface area contributed by atoms with Crippen LogP contribution in [-0.4, -0.2) is 66.5 Å². The van der Waals surface area contributed by atoms with Crippen molar-refractivity contribution < 1.29 is 4.79 Å². The Morgan fingerprint density at radius 1 is 1.16 bits per heavy atom. The first-order chi connectivity index (χ1) is 11.9. The zero-order valence-electron chi connectivity index (χ0n) is 15.7. The van der Waals surface area contributed by atoms with Gasteiger partial charge in [-0.25, -0.2) is 4.98 Å². The van der Waals surface area contributed by atoms with Crippen LogP contribution in [0.25, 0.3) is 0 Å². The number of aromatic nitrogens is 1. The molecule has 3 rings (SSSR count). The lowest BCUT2D eigenvalue weighted by atomic mass is 9.96. The largest absolute Gasteiger partial charge is 0.368 e. The van der Waals surface area contributed by atoms with Crippen LogP contribution in [0.15, 0.2) is 18.2 Å². The van der Waals surface area contributed by atoms with Crippen molar-refractivity contribution in [3.05, 3.63) is 23.9 Å². The first kappa shape index (κ1) is 18.1. The van der Waals surface area contributed by atoms with Gasteiger partial charge in [0.15, 0.2) is 0 Å². The van der Waals surface area contributed by atoms with Crippen molar-refractivity contribution in [2.45, 2.75) is 44.7 Å². The van der Waals surface area contributed by atoms with E-state index in [1.807, 2.05) is 6.07 Å². The van der Waals surface area contributed by atoms with E-state index >= 15 is 0 Å². The quantitative estimate of drug-likeness (QED) is 0.894. The van der Waals surface area contributed by atoms with Gasteiger partial charge in [0.25, 0.3) is 0 Å². The molecule has 6 nitrogen and oxygen atoms in total. The number of piperidine rings is 1. The van der Waals surface area contributed by atoms with Gasteiger partial charge in [0.1, 0.15) is 11.9 Å². The molecule has 0 aromatic carbocycles. The number of rotatable bonds is 4. The number of nitrogens with zero attached hydrogens (tertiary/aromatic N) is 4.